The molecule has 1 aromatic carbocycles. The molecule has 27 heavy (non-hydrogen) atoms. The molecule has 1 aliphatic rings. The molecule has 9 heteroatoms. The van der Waals surface area contributed by atoms with E-state index in [4.69, 9.17) is 4.74 Å². The SMILES string of the molecule is COC(=O)CCNC(=O)c1ccc(NC(=O)C2(OC)CCNCC2)cc1.Cl. The largest absolute Gasteiger partial charge is 0.469 e. The summed E-state index contributed by atoms with van der Waals surface area (Å²) >= 11 is 0. The van der Waals surface area contributed by atoms with Gasteiger partial charge in [0.2, 0.25) is 0 Å². The van der Waals surface area contributed by atoms with Crippen LogP contribution in [0.3, 0.4) is 0 Å². The zero-order valence-corrected chi connectivity index (χ0v) is 16.3. The van der Waals surface area contributed by atoms with Gasteiger partial charge in [-0.25, -0.2) is 0 Å². The number of methoxy groups -OCH3 is 2. The lowest BCUT2D eigenvalue weighted by Crippen LogP contribution is -2.51. The summed E-state index contributed by atoms with van der Waals surface area (Å²) in [6, 6.07) is 6.56. The molecule has 0 aromatic heterocycles. The second-order valence-corrected chi connectivity index (χ2v) is 6.06. The van der Waals surface area contributed by atoms with Crippen molar-refractivity contribution in [3.05, 3.63) is 29.8 Å². The number of hydrogen-bond donors (Lipinski definition) is 3. The molecular weight excluding hydrogens is 374 g/mol. The Morgan fingerprint density at radius 2 is 1.74 bits per heavy atom. The first-order valence-corrected chi connectivity index (χ1v) is 8.53. The van der Waals surface area contributed by atoms with Crippen LogP contribution in [0.15, 0.2) is 24.3 Å². The van der Waals surface area contributed by atoms with E-state index in [0.717, 1.165) is 13.1 Å². The van der Waals surface area contributed by atoms with Crippen LogP contribution in [0, 0.1) is 0 Å². The summed E-state index contributed by atoms with van der Waals surface area (Å²) < 4.78 is 10.0. The Morgan fingerprint density at radius 1 is 1.11 bits per heavy atom. The Balaban J connectivity index is 0.00000364. The van der Waals surface area contributed by atoms with Gasteiger partial charge in [-0.3, -0.25) is 14.4 Å². The molecule has 0 aliphatic carbocycles. The first-order valence-electron chi connectivity index (χ1n) is 8.53. The van der Waals surface area contributed by atoms with E-state index < -0.39 is 5.60 Å². The van der Waals surface area contributed by atoms with E-state index in [-0.39, 0.29) is 43.2 Å². The number of hydrogen-bond acceptors (Lipinski definition) is 6. The van der Waals surface area contributed by atoms with Crippen molar-refractivity contribution >= 4 is 35.9 Å². The van der Waals surface area contributed by atoms with Crippen molar-refractivity contribution in [2.24, 2.45) is 0 Å². The quantitative estimate of drug-likeness (QED) is 0.593. The van der Waals surface area contributed by atoms with Gasteiger partial charge in [-0.1, -0.05) is 0 Å². The van der Waals surface area contributed by atoms with E-state index in [1.807, 2.05) is 0 Å². The van der Waals surface area contributed by atoms with Crippen LogP contribution in [0.5, 0.6) is 0 Å². The molecule has 0 atom stereocenters. The Hall–Kier alpha value is -2.16. The summed E-state index contributed by atoms with van der Waals surface area (Å²) in [4.78, 5) is 35.6. The molecule has 0 spiro atoms. The van der Waals surface area contributed by atoms with Gasteiger partial charge in [0.15, 0.2) is 0 Å². The van der Waals surface area contributed by atoms with Gasteiger partial charge in [-0.2, -0.15) is 0 Å². The predicted octanol–water partition coefficient (Wildman–Crippen LogP) is 1.11. The van der Waals surface area contributed by atoms with Crippen LogP contribution in [0.25, 0.3) is 0 Å². The Labute approximate surface area is 164 Å². The van der Waals surface area contributed by atoms with Gasteiger partial charge in [0, 0.05) is 24.9 Å². The normalized spacial score (nSPS) is 15.2. The fourth-order valence-corrected chi connectivity index (χ4v) is 2.79. The Kier molecular flexibility index (Phi) is 9.20. The first kappa shape index (κ1) is 22.9. The van der Waals surface area contributed by atoms with Crippen LogP contribution in [0.1, 0.15) is 29.6 Å². The van der Waals surface area contributed by atoms with Gasteiger partial charge < -0.3 is 25.4 Å². The maximum atomic E-state index is 12.6. The number of anilines is 1. The van der Waals surface area contributed by atoms with Gasteiger partial charge in [-0.05, 0) is 50.2 Å². The van der Waals surface area contributed by atoms with Gasteiger partial charge in [0.25, 0.3) is 11.8 Å². The second kappa shape index (κ2) is 10.9. The maximum Gasteiger partial charge on any atom is 0.307 e. The number of nitrogens with one attached hydrogen (secondary N) is 3. The van der Waals surface area contributed by atoms with E-state index in [9.17, 15) is 14.4 Å². The molecule has 0 saturated carbocycles. The van der Waals surface area contributed by atoms with E-state index in [1.54, 1.807) is 31.4 Å². The average Bonchev–Trinajstić information content (AvgIpc) is 2.68. The summed E-state index contributed by atoms with van der Waals surface area (Å²) in [5.41, 5.74) is 0.210. The van der Waals surface area contributed by atoms with Crippen molar-refractivity contribution in [1.29, 1.82) is 0 Å². The number of benzene rings is 1. The molecular formula is C18H26ClN3O5. The van der Waals surface area contributed by atoms with Crippen molar-refractivity contribution in [3.8, 4) is 0 Å². The van der Waals surface area contributed by atoms with Crippen molar-refractivity contribution in [2.75, 3.05) is 39.2 Å². The van der Waals surface area contributed by atoms with Crippen LogP contribution in [0.2, 0.25) is 0 Å². The highest BCUT2D eigenvalue weighted by molar-refractivity contribution is 5.98. The number of piperidine rings is 1. The molecule has 1 aliphatic heterocycles. The van der Waals surface area contributed by atoms with Crippen LogP contribution >= 0.6 is 12.4 Å². The molecule has 1 aromatic rings. The minimum absolute atomic E-state index is 0. The lowest BCUT2D eigenvalue weighted by molar-refractivity contribution is -0.141. The Bertz CT molecular complexity index is 645. The highest BCUT2D eigenvalue weighted by Crippen LogP contribution is 2.24. The summed E-state index contributed by atoms with van der Waals surface area (Å²) in [7, 11) is 2.85. The molecule has 1 fully saturated rings. The van der Waals surface area contributed by atoms with Crippen molar-refractivity contribution in [2.45, 2.75) is 24.9 Å². The fraction of sp³-hybridized carbons (Fsp3) is 0.500. The topological polar surface area (TPSA) is 106 Å². The van der Waals surface area contributed by atoms with E-state index in [1.165, 1.54) is 7.11 Å². The van der Waals surface area contributed by atoms with E-state index in [2.05, 4.69) is 20.7 Å². The third kappa shape index (κ3) is 6.20. The number of halogens is 1. The number of carbonyl (C=O) groups is 3. The molecule has 3 N–H and O–H groups in total. The standard InChI is InChI=1S/C18H25N3O5.ClH/c1-25-15(22)7-10-20-16(23)13-3-5-14(6-4-13)21-17(24)18(26-2)8-11-19-12-9-18;/h3-6,19H,7-12H2,1-2H3,(H,20,23)(H,21,24);1H. The number of carbonyl (C=O) groups excluding carboxylic acids is 3. The number of ether oxygens (including phenoxy) is 2. The maximum absolute atomic E-state index is 12.6. The van der Waals surface area contributed by atoms with Gasteiger partial charge in [0.1, 0.15) is 5.60 Å². The van der Waals surface area contributed by atoms with Gasteiger partial charge >= 0.3 is 5.97 Å². The molecule has 1 heterocycles. The van der Waals surface area contributed by atoms with E-state index >= 15 is 0 Å². The third-order valence-electron chi connectivity index (χ3n) is 4.46. The molecule has 2 amide bonds. The number of esters is 1. The van der Waals surface area contributed by atoms with E-state index in [0.29, 0.717) is 24.1 Å². The molecule has 150 valence electrons. The van der Waals surface area contributed by atoms with Crippen LogP contribution in [-0.4, -0.2) is 57.2 Å². The summed E-state index contributed by atoms with van der Waals surface area (Å²) in [5.74, 6) is -0.858. The molecule has 8 nitrogen and oxygen atoms in total. The molecule has 0 bridgehead atoms. The van der Waals surface area contributed by atoms with Gasteiger partial charge in [0.05, 0.1) is 13.5 Å². The molecule has 0 radical (unpaired) electrons. The first-order chi connectivity index (χ1) is 12.5. The summed E-state index contributed by atoms with van der Waals surface area (Å²) in [6.07, 6.45) is 1.33. The van der Waals surface area contributed by atoms with Crippen LogP contribution in [-0.2, 0) is 19.1 Å². The zero-order chi connectivity index (χ0) is 19.0. The summed E-state index contributed by atoms with van der Waals surface area (Å²) in [6.45, 7) is 1.66. The predicted molar refractivity (Wildman–Crippen MR) is 103 cm³/mol. The monoisotopic (exact) mass is 399 g/mol. The van der Waals surface area contributed by atoms with Crippen molar-refractivity contribution < 1.29 is 23.9 Å². The minimum Gasteiger partial charge on any atom is -0.469 e. The van der Waals surface area contributed by atoms with Gasteiger partial charge in [-0.15, -0.1) is 12.4 Å². The zero-order valence-electron chi connectivity index (χ0n) is 15.5. The Morgan fingerprint density at radius 3 is 2.30 bits per heavy atom. The second-order valence-electron chi connectivity index (χ2n) is 6.06. The summed E-state index contributed by atoms with van der Waals surface area (Å²) in [5, 5.41) is 8.69. The van der Waals surface area contributed by atoms with Crippen molar-refractivity contribution in [3.63, 3.8) is 0 Å². The highest BCUT2D eigenvalue weighted by Gasteiger charge is 2.39. The lowest BCUT2D eigenvalue weighted by Gasteiger charge is -2.34. The van der Waals surface area contributed by atoms with Crippen LogP contribution < -0.4 is 16.0 Å². The number of amides is 2. The number of rotatable bonds is 7. The smallest absolute Gasteiger partial charge is 0.307 e. The minimum atomic E-state index is -0.824. The third-order valence-corrected chi connectivity index (χ3v) is 4.46. The van der Waals surface area contributed by atoms with Crippen molar-refractivity contribution in [1.82, 2.24) is 10.6 Å². The van der Waals surface area contributed by atoms with Crippen LogP contribution in [0.4, 0.5) is 5.69 Å². The highest BCUT2D eigenvalue weighted by atomic mass is 35.5. The fourth-order valence-electron chi connectivity index (χ4n) is 2.79. The average molecular weight is 400 g/mol. The molecule has 1 saturated heterocycles. The lowest BCUT2D eigenvalue weighted by atomic mass is 9.91. The molecule has 0 unspecified atom stereocenters. The molecule has 2 rings (SSSR count).